The first-order chi connectivity index (χ1) is 19.5. The summed E-state index contributed by atoms with van der Waals surface area (Å²) in [5, 5.41) is 0. The number of fused-ring (bicyclic) bond motifs is 4. The van der Waals surface area contributed by atoms with E-state index in [1.54, 1.807) is 0 Å². The minimum atomic E-state index is -0.0422. The third-order valence-corrected chi connectivity index (χ3v) is 8.40. The number of aliphatic imine (C=N–C) groups is 2. The molecule has 4 aliphatic rings. The van der Waals surface area contributed by atoms with Gasteiger partial charge in [-0.25, -0.2) is 9.98 Å². The molecule has 2 aromatic heterocycles. The summed E-state index contributed by atoms with van der Waals surface area (Å²) in [4.78, 5) is 12.9. The van der Waals surface area contributed by atoms with Gasteiger partial charge in [0.1, 0.15) is 0 Å². The number of hydrogen-bond acceptors (Lipinski definition) is 3. The molecule has 0 aliphatic carbocycles. The largest absolute Gasteiger partial charge is 0.305 e. The molecule has 0 unspecified atom stereocenters. The Hall–Kier alpha value is -3.44. The van der Waals surface area contributed by atoms with Crippen LogP contribution >= 0.6 is 0 Å². The lowest BCUT2D eigenvalue weighted by atomic mass is 10.0. The Morgan fingerprint density at radius 1 is 0.650 bits per heavy atom. The summed E-state index contributed by atoms with van der Waals surface area (Å²) < 4.78 is 5.08. The van der Waals surface area contributed by atoms with E-state index in [0.717, 1.165) is 74.2 Å². The maximum Gasteiger partial charge on any atom is 0.168 e. The van der Waals surface area contributed by atoms with Gasteiger partial charge in [-0.05, 0) is 111 Å². The molecule has 0 fully saturated rings. The highest BCUT2D eigenvalue weighted by Crippen LogP contribution is 2.39. The van der Waals surface area contributed by atoms with Crippen molar-refractivity contribution in [2.45, 2.75) is 85.4 Å². The summed E-state index contributed by atoms with van der Waals surface area (Å²) in [5.41, 5.74) is 14.7. The van der Waals surface area contributed by atoms with Gasteiger partial charge < -0.3 is 9.13 Å². The molecule has 6 bridgehead atoms. The van der Waals surface area contributed by atoms with Crippen LogP contribution in [0, 0.1) is 0 Å². The lowest BCUT2D eigenvalue weighted by Crippen LogP contribution is -2.35. The van der Waals surface area contributed by atoms with Crippen molar-refractivity contribution in [2.75, 3.05) is 14.1 Å². The fraction of sp³-hybridized carbons (Fsp3) is 0.429. The summed E-state index contributed by atoms with van der Waals surface area (Å²) in [6, 6.07) is 4.81. The first-order valence-electron chi connectivity index (χ1n) is 15.3. The standard InChI is InChI=1S/C35H43N5/c1-7-11-23-19-29-33-21-25(13-9-3)31-17-18-32-26(14-10-4)22-34(40(32)35(38(5)6)39(31)33)30-20-24(12-8-2)28(37-30)16-15-27(23)36-29/h15-22,35H,7-14H2,1-6H3. The van der Waals surface area contributed by atoms with Crippen LogP contribution in [0.25, 0.3) is 12.2 Å². The SMILES string of the molecule is CCCC1=CC2=NC1=CC=C1N=C(C=C1CCC)c1cc(CCC)c3n1C(N(C)C)n1c2cc(CCC)c1C=C3. The second-order valence-corrected chi connectivity index (χ2v) is 11.7. The fourth-order valence-electron chi connectivity index (χ4n) is 6.72. The van der Waals surface area contributed by atoms with Crippen molar-refractivity contribution < 1.29 is 0 Å². The Bertz CT molecular complexity index is 1440. The lowest BCUT2D eigenvalue weighted by Gasteiger charge is -2.32. The van der Waals surface area contributed by atoms with Gasteiger partial charge in [0, 0.05) is 11.4 Å². The Labute approximate surface area is 239 Å². The molecule has 0 radical (unpaired) electrons. The number of nitrogens with zero attached hydrogens (tertiary/aromatic N) is 5. The van der Waals surface area contributed by atoms with E-state index in [9.17, 15) is 0 Å². The van der Waals surface area contributed by atoms with Gasteiger partial charge in [-0.1, -0.05) is 53.4 Å². The first kappa shape index (κ1) is 26.8. The third-order valence-electron chi connectivity index (χ3n) is 8.40. The molecule has 2 aromatic rings. The zero-order valence-electron chi connectivity index (χ0n) is 25.1. The van der Waals surface area contributed by atoms with Crippen molar-refractivity contribution in [3.63, 3.8) is 0 Å². The van der Waals surface area contributed by atoms with Crippen molar-refractivity contribution in [1.82, 2.24) is 14.0 Å². The van der Waals surface area contributed by atoms with Gasteiger partial charge >= 0.3 is 0 Å². The van der Waals surface area contributed by atoms with Gasteiger partial charge in [-0.15, -0.1) is 0 Å². The molecule has 6 rings (SSSR count). The molecule has 40 heavy (non-hydrogen) atoms. The van der Waals surface area contributed by atoms with Gasteiger partial charge in [0.2, 0.25) is 0 Å². The van der Waals surface area contributed by atoms with E-state index >= 15 is 0 Å². The van der Waals surface area contributed by atoms with Crippen LogP contribution in [0.15, 0.2) is 69.0 Å². The van der Waals surface area contributed by atoms with Gasteiger partial charge in [-0.2, -0.15) is 0 Å². The molecular formula is C35H43N5. The lowest BCUT2D eigenvalue weighted by molar-refractivity contribution is 0.179. The topological polar surface area (TPSA) is 37.8 Å². The smallest absolute Gasteiger partial charge is 0.168 e. The maximum atomic E-state index is 5.30. The average molecular weight is 534 g/mol. The molecule has 6 heterocycles. The summed E-state index contributed by atoms with van der Waals surface area (Å²) in [7, 11) is 4.41. The molecule has 4 aliphatic heterocycles. The zero-order chi connectivity index (χ0) is 28.0. The van der Waals surface area contributed by atoms with Crippen LogP contribution in [0.4, 0.5) is 0 Å². The van der Waals surface area contributed by atoms with Crippen LogP contribution in [-0.4, -0.2) is 39.6 Å². The van der Waals surface area contributed by atoms with Crippen LogP contribution in [-0.2, 0) is 12.8 Å². The number of hydrogen-bond donors (Lipinski definition) is 0. The van der Waals surface area contributed by atoms with E-state index < -0.39 is 0 Å². The maximum absolute atomic E-state index is 5.30. The molecular weight excluding hydrogens is 490 g/mol. The van der Waals surface area contributed by atoms with Crippen molar-refractivity contribution in [2.24, 2.45) is 9.98 Å². The zero-order valence-corrected chi connectivity index (χ0v) is 25.1. The highest BCUT2D eigenvalue weighted by Gasteiger charge is 2.33. The fourth-order valence-corrected chi connectivity index (χ4v) is 6.72. The van der Waals surface area contributed by atoms with E-state index in [-0.39, 0.29) is 6.29 Å². The molecule has 5 nitrogen and oxygen atoms in total. The third kappa shape index (κ3) is 4.35. The van der Waals surface area contributed by atoms with Crippen molar-refractivity contribution in [3.8, 4) is 0 Å². The van der Waals surface area contributed by atoms with Crippen LogP contribution < -0.4 is 0 Å². The molecule has 0 N–H and O–H groups in total. The Balaban J connectivity index is 1.72. The molecule has 5 heteroatoms. The molecule has 0 saturated carbocycles. The van der Waals surface area contributed by atoms with Crippen molar-refractivity contribution in [3.05, 3.63) is 92.9 Å². The minimum absolute atomic E-state index is 0.0422. The Morgan fingerprint density at radius 2 is 1.07 bits per heavy atom. The Morgan fingerprint density at radius 3 is 1.45 bits per heavy atom. The van der Waals surface area contributed by atoms with E-state index in [1.165, 1.54) is 45.0 Å². The van der Waals surface area contributed by atoms with E-state index in [2.05, 4.69) is 104 Å². The van der Waals surface area contributed by atoms with Gasteiger partial charge in [0.25, 0.3) is 0 Å². The van der Waals surface area contributed by atoms with Gasteiger partial charge in [0.15, 0.2) is 6.29 Å². The van der Waals surface area contributed by atoms with E-state index in [0.29, 0.717) is 0 Å². The van der Waals surface area contributed by atoms with Gasteiger partial charge in [-0.3, -0.25) is 4.90 Å². The first-order valence-corrected chi connectivity index (χ1v) is 15.3. The number of aromatic nitrogens is 2. The summed E-state index contributed by atoms with van der Waals surface area (Å²) >= 11 is 0. The number of rotatable bonds is 9. The second-order valence-electron chi connectivity index (χ2n) is 11.7. The highest BCUT2D eigenvalue weighted by molar-refractivity contribution is 6.13. The van der Waals surface area contributed by atoms with E-state index in [4.69, 9.17) is 9.98 Å². The predicted octanol–water partition coefficient (Wildman–Crippen LogP) is 8.08. The minimum Gasteiger partial charge on any atom is -0.305 e. The summed E-state index contributed by atoms with van der Waals surface area (Å²) in [6.07, 6.45) is 22.3. The quantitative estimate of drug-likeness (QED) is 0.321. The molecule has 208 valence electrons. The monoisotopic (exact) mass is 533 g/mol. The highest BCUT2D eigenvalue weighted by atomic mass is 15.4. The van der Waals surface area contributed by atoms with Crippen LogP contribution in [0.3, 0.4) is 0 Å². The predicted molar refractivity (Wildman–Crippen MR) is 169 cm³/mol. The summed E-state index contributed by atoms with van der Waals surface area (Å²) in [5.74, 6) is 0. The van der Waals surface area contributed by atoms with Crippen LogP contribution in [0.1, 0.15) is 106 Å². The summed E-state index contributed by atoms with van der Waals surface area (Å²) in [6.45, 7) is 9.05. The van der Waals surface area contributed by atoms with Crippen LogP contribution in [0.5, 0.6) is 0 Å². The molecule has 0 atom stereocenters. The Kier molecular flexibility index (Phi) is 7.26. The average Bonchev–Trinajstić information content (AvgIpc) is 3.65. The number of allylic oxidation sites excluding steroid dienone is 6. The molecule has 0 saturated heterocycles. The van der Waals surface area contributed by atoms with Crippen LogP contribution in [0.2, 0.25) is 0 Å². The number of aryl methyl sites for hydroxylation is 2. The normalized spacial score (nSPS) is 18.8. The van der Waals surface area contributed by atoms with Gasteiger partial charge in [0.05, 0.1) is 34.2 Å². The molecule has 0 amide bonds. The molecule has 0 aromatic carbocycles. The van der Waals surface area contributed by atoms with Crippen molar-refractivity contribution in [1.29, 1.82) is 0 Å². The molecule has 0 spiro atoms. The van der Waals surface area contributed by atoms with E-state index in [1.807, 2.05) is 0 Å². The second kappa shape index (κ2) is 10.9. The van der Waals surface area contributed by atoms with Crippen molar-refractivity contribution >= 4 is 23.6 Å².